The summed E-state index contributed by atoms with van der Waals surface area (Å²) in [6, 6.07) is 6.25. The highest BCUT2D eigenvalue weighted by Gasteiger charge is 2.35. The molecule has 3 aliphatic rings. The molecule has 2 aromatic rings. The lowest BCUT2D eigenvalue weighted by Gasteiger charge is -2.29. The third kappa shape index (κ3) is 2.98. The van der Waals surface area contributed by atoms with Crippen LogP contribution >= 0.6 is 0 Å². The minimum atomic E-state index is 0.0329. The molecule has 1 aromatic heterocycles. The minimum absolute atomic E-state index is 0.0329. The van der Waals surface area contributed by atoms with Crippen LogP contribution in [0, 0.1) is 0 Å². The summed E-state index contributed by atoms with van der Waals surface area (Å²) in [6.07, 6.45) is 5.07. The van der Waals surface area contributed by atoms with Gasteiger partial charge in [0.25, 0.3) is 5.91 Å². The molecule has 0 spiro atoms. The normalized spacial score (nSPS) is 22.0. The number of hydrogen-bond donors (Lipinski definition) is 1. The number of benzene rings is 1. The van der Waals surface area contributed by atoms with Crippen LogP contribution in [0.15, 0.2) is 18.2 Å². The maximum Gasteiger partial charge on any atom is 0.254 e. The lowest BCUT2D eigenvalue weighted by molar-refractivity contribution is 0.0727. The molecule has 1 aromatic carbocycles. The van der Waals surface area contributed by atoms with E-state index in [9.17, 15) is 4.79 Å². The highest BCUT2D eigenvalue weighted by atomic mass is 16.2. The van der Waals surface area contributed by atoms with E-state index in [2.05, 4.69) is 44.2 Å². The molecule has 1 N–H and O–H groups in total. The molecule has 0 saturated carbocycles. The number of nitrogens with one attached hydrogen (secondary N) is 1. The largest absolute Gasteiger partial charge is 0.374 e. The van der Waals surface area contributed by atoms with Gasteiger partial charge in [-0.3, -0.25) is 4.79 Å². The lowest BCUT2D eigenvalue weighted by atomic mass is 9.99. The van der Waals surface area contributed by atoms with E-state index in [0.29, 0.717) is 0 Å². The van der Waals surface area contributed by atoms with E-state index >= 15 is 0 Å². The zero-order valence-electron chi connectivity index (χ0n) is 16.5. The second-order valence-electron chi connectivity index (χ2n) is 8.15. The molecule has 7 heteroatoms. The van der Waals surface area contributed by atoms with Crippen LogP contribution in [-0.4, -0.2) is 58.8 Å². The van der Waals surface area contributed by atoms with E-state index < -0.39 is 0 Å². The Kier molecular flexibility index (Phi) is 4.55. The number of aryl methyl sites for hydroxylation is 1. The first kappa shape index (κ1) is 17.7. The molecule has 4 heterocycles. The molecule has 5 rings (SSSR count). The summed E-state index contributed by atoms with van der Waals surface area (Å²) in [4.78, 5) is 17.7. The number of amides is 1. The second kappa shape index (κ2) is 7.20. The molecular formula is C21H28N6O. The van der Waals surface area contributed by atoms with Gasteiger partial charge >= 0.3 is 0 Å². The minimum Gasteiger partial charge on any atom is -0.374 e. The van der Waals surface area contributed by atoms with Gasteiger partial charge in [0.15, 0.2) is 5.82 Å². The van der Waals surface area contributed by atoms with Crippen LogP contribution in [0.3, 0.4) is 0 Å². The first-order valence-corrected chi connectivity index (χ1v) is 10.5. The van der Waals surface area contributed by atoms with E-state index in [1.165, 1.54) is 11.3 Å². The van der Waals surface area contributed by atoms with Gasteiger partial charge < -0.3 is 19.7 Å². The molecule has 148 valence electrons. The van der Waals surface area contributed by atoms with Gasteiger partial charge in [0.1, 0.15) is 5.82 Å². The molecule has 1 fully saturated rings. The van der Waals surface area contributed by atoms with E-state index in [1.807, 2.05) is 11.0 Å². The van der Waals surface area contributed by atoms with Gasteiger partial charge in [-0.1, -0.05) is 0 Å². The maximum absolute atomic E-state index is 13.4. The number of rotatable bonds is 2. The molecule has 1 saturated heterocycles. The van der Waals surface area contributed by atoms with Crippen molar-refractivity contribution in [3.05, 3.63) is 41.0 Å². The van der Waals surface area contributed by atoms with Crippen molar-refractivity contribution >= 4 is 11.6 Å². The Balaban J connectivity index is 1.43. The van der Waals surface area contributed by atoms with E-state index in [-0.39, 0.29) is 11.9 Å². The fourth-order valence-electron chi connectivity index (χ4n) is 4.90. The number of likely N-dealkylation sites (tertiary alicyclic amines) is 1. The van der Waals surface area contributed by atoms with Crippen molar-refractivity contribution < 1.29 is 4.79 Å². The molecule has 1 atom stereocenters. The summed E-state index contributed by atoms with van der Waals surface area (Å²) in [6.45, 7) is 4.62. The van der Waals surface area contributed by atoms with Gasteiger partial charge in [-0.15, -0.1) is 10.2 Å². The van der Waals surface area contributed by atoms with Crippen molar-refractivity contribution in [2.24, 2.45) is 0 Å². The van der Waals surface area contributed by atoms with Gasteiger partial charge in [-0.05, 0) is 49.4 Å². The van der Waals surface area contributed by atoms with Crippen LogP contribution in [0.2, 0.25) is 0 Å². The Hall–Kier alpha value is -2.41. The lowest BCUT2D eigenvalue weighted by Crippen LogP contribution is -2.33. The molecule has 28 heavy (non-hydrogen) atoms. The number of anilines is 1. The quantitative estimate of drug-likeness (QED) is 0.860. The van der Waals surface area contributed by atoms with E-state index in [1.54, 1.807) is 0 Å². The van der Waals surface area contributed by atoms with E-state index in [0.717, 1.165) is 82.0 Å². The monoisotopic (exact) mass is 380 g/mol. The Morgan fingerprint density at radius 1 is 1.11 bits per heavy atom. The molecule has 0 aliphatic carbocycles. The summed E-state index contributed by atoms with van der Waals surface area (Å²) in [7, 11) is 2.13. The van der Waals surface area contributed by atoms with E-state index in [4.69, 9.17) is 0 Å². The predicted octanol–water partition coefficient (Wildman–Crippen LogP) is 1.78. The zero-order valence-corrected chi connectivity index (χ0v) is 16.5. The van der Waals surface area contributed by atoms with Crippen molar-refractivity contribution in [1.29, 1.82) is 0 Å². The predicted molar refractivity (Wildman–Crippen MR) is 108 cm³/mol. The van der Waals surface area contributed by atoms with Gasteiger partial charge in [0.05, 0.1) is 6.04 Å². The highest BCUT2D eigenvalue weighted by Crippen LogP contribution is 2.34. The summed E-state index contributed by atoms with van der Waals surface area (Å²) in [5.74, 6) is 2.13. The third-order valence-electron chi connectivity index (χ3n) is 6.38. The molecule has 0 bridgehead atoms. The molecule has 7 nitrogen and oxygen atoms in total. The summed E-state index contributed by atoms with van der Waals surface area (Å²) >= 11 is 0. The number of carbonyl (C=O) groups excluding carboxylic acids is 1. The average Bonchev–Trinajstić information content (AvgIpc) is 3.28. The van der Waals surface area contributed by atoms with Crippen LogP contribution in [0.5, 0.6) is 0 Å². The third-order valence-corrected chi connectivity index (χ3v) is 6.38. The van der Waals surface area contributed by atoms with Gasteiger partial charge in [-0.25, -0.2) is 0 Å². The van der Waals surface area contributed by atoms with Crippen molar-refractivity contribution in [2.45, 2.75) is 44.7 Å². The van der Waals surface area contributed by atoms with Crippen LogP contribution in [0.4, 0.5) is 5.69 Å². The van der Waals surface area contributed by atoms with Crippen molar-refractivity contribution in [2.75, 3.05) is 38.1 Å². The van der Waals surface area contributed by atoms with Crippen molar-refractivity contribution in [3.63, 3.8) is 0 Å². The smallest absolute Gasteiger partial charge is 0.254 e. The zero-order chi connectivity index (χ0) is 19.1. The standard InChI is InChI=1S/C21H28N6O/c1-25-11-2-4-15-14-16(6-7-17(15)25)21(28)26-12-3-5-18(26)20-24-23-19-8-9-22-10-13-27(19)20/h6-7,14,18,22H,2-5,8-13H2,1H3. The Morgan fingerprint density at radius 2 is 2.04 bits per heavy atom. The van der Waals surface area contributed by atoms with Crippen LogP contribution in [0.1, 0.15) is 52.9 Å². The summed E-state index contributed by atoms with van der Waals surface area (Å²) < 4.78 is 2.23. The number of fused-ring (bicyclic) bond motifs is 2. The fraction of sp³-hybridized carbons (Fsp3) is 0.571. The first-order chi connectivity index (χ1) is 13.7. The molecule has 0 radical (unpaired) electrons. The number of hydrogen-bond acceptors (Lipinski definition) is 5. The summed E-state index contributed by atoms with van der Waals surface area (Å²) in [5, 5.41) is 12.4. The second-order valence-corrected chi connectivity index (χ2v) is 8.15. The van der Waals surface area contributed by atoms with Gasteiger partial charge in [0, 0.05) is 57.4 Å². The van der Waals surface area contributed by atoms with Crippen LogP contribution in [-0.2, 0) is 19.4 Å². The molecule has 3 aliphatic heterocycles. The van der Waals surface area contributed by atoms with Crippen molar-refractivity contribution in [1.82, 2.24) is 25.0 Å². The van der Waals surface area contributed by atoms with Gasteiger partial charge in [0.2, 0.25) is 0 Å². The van der Waals surface area contributed by atoms with Crippen LogP contribution < -0.4 is 10.2 Å². The van der Waals surface area contributed by atoms with Gasteiger partial charge in [-0.2, -0.15) is 0 Å². The van der Waals surface area contributed by atoms with Crippen molar-refractivity contribution in [3.8, 4) is 0 Å². The maximum atomic E-state index is 13.4. The Morgan fingerprint density at radius 3 is 2.96 bits per heavy atom. The topological polar surface area (TPSA) is 66.3 Å². The summed E-state index contributed by atoms with van der Waals surface area (Å²) in [5.41, 5.74) is 3.35. The fourth-order valence-corrected chi connectivity index (χ4v) is 4.90. The number of aromatic nitrogens is 3. The molecule has 1 amide bonds. The molecular weight excluding hydrogens is 352 g/mol. The highest BCUT2D eigenvalue weighted by molar-refractivity contribution is 5.95. The number of carbonyl (C=O) groups is 1. The SMILES string of the molecule is CN1CCCc2cc(C(=O)N3CCCC3c3nnc4n3CCNCC4)ccc21. The Labute approximate surface area is 165 Å². The van der Waals surface area contributed by atoms with Crippen LogP contribution in [0.25, 0.3) is 0 Å². The Bertz CT molecular complexity index is 891. The first-order valence-electron chi connectivity index (χ1n) is 10.5. The molecule has 1 unspecified atom stereocenters. The average molecular weight is 380 g/mol. The number of nitrogens with zero attached hydrogens (tertiary/aromatic N) is 5.